The number of hydrogen-bond acceptors (Lipinski definition) is 6. The molecule has 0 saturated carbocycles. The van der Waals surface area contributed by atoms with Crippen LogP contribution in [0.4, 0.5) is 4.39 Å². The smallest absolute Gasteiger partial charge is 0.287 e. The summed E-state index contributed by atoms with van der Waals surface area (Å²) < 4.78 is 25.2. The Hall–Kier alpha value is -3.75. The summed E-state index contributed by atoms with van der Waals surface area (Å²) in [6.07, 6.45) is 0. The van der Waals surface area contributed by atoms with Crippen LogP contribution in [0, 0.1) is 5.82 Å². The number of benzene rings is 2. The third-order valence-electron chi connectivity index (χ3n) is 4.24. The van der Waals surface area contributed by atoms with E-state index in [0.29, 0.717) is 16.8 Å². The monoisotopic (exact) mass is 382 g/mol. The Morgan fingerprint density at radius 3 is 2.96 bits per heavy atom. The number of furan rings is 1. The molecule has 142 valence electrons. The van der Waals surface area contributed by atoms with Gasteiger partial charge in [-0.1, -0.05) is 17.3 Å². The molecule has 0 saturated heterocycles. The van der Waals surface area contributed by atoms with E-state index in [1.165, 1.54) is 19.2 Å². The number of ether oxygens (including phenoxy) is 1. The van der Waals surface area contributed by atoms with Crippen molar-refractivity contribution in [2.24, 2.45) is 0 Å². The number of amides is 1. The number of hydrogen-bond donors (Lipinski definition) is 1. The molecule has 2 heterocycles. The van der Waals surface area contributed by atoms with E-state index in [2.05, 4.69) is 15.6 Å². The predicted octanol–water partition coefficient (Wildman–Crippen LogP) is 2.12. The lowest BCUT2D eigenvalue weighted by Gasteiger charge is -2.06. The average Bonchev–Trinajstić information content (AvgIpc) is 3.14. The molecule has 0 atom stereocenters. The van der Waals surface area contributed by atoms with Gasteiger partial charge < -0.3 is 14.5 Å². The van der Waals surface area contributed by atoms with Crippen LogP contribution in [-0.2, 0) is 6.54 Å². The Labute approximate surface area is 157 Å². The van der Waals surface area contributed by atoms with E-state index in [1.54, 1.807) is 18.2 Å². The molecule has 0 bridgehead atoms. The van der Waals surface area contributed by atoms with Crippen LogP contribution < -0.4 is 15.6 Å². The Bertz CT molecular complexity index is 1250. The summed E-state index contributed by atoms with van der Waals surface area (Å²) in [5.74, 6) is -0.316. The second-order valence-electron chi connectivity index (χ2n) is 6.02. The molecule has 1 N–H and O–H groups in total. The Morgan fingerprint density at radius 2 is 2.14 bits per heavy atom. The van der Waals surface area contributed by atoms with Crippen molar-refractivity contribution in [2.45, 2.75) is 6.54 Å². The molecule has 1 amide bonds. The standard InChI is InChI=1S/C19H15FN4O4/c1-27-15-4-2-3-11-9-16(28-17(11)15)18(25)21-7-8-24-19(26)13-10-12(20)5-6-14(13)22-23-24/h2-6,9-10H,7-8H2,1H3,(H,21,25). The number of aromatic nitrogens is 3. The fourth-order valence-corrected chi connectivity index (χ4v) is 2.87. The van der Waals surface area contributed by atoms with Crippen molar-refractivity contribution in [3.63, 3.8) is 0 Å². The fraction of sp³-hybridized carbons (Fsp3) is 0.158. The first kappa shape index (κ1) is 17.7. The highest BCUT2D eigenvalue weighted by Crippen LogP contribution is 2.28. The van der Waals surface area contributed by atoms with Gasteiger partial charge >= 0.3 is 0 Å². The van der Waals surface area contributed by atoms with Crippen molar-refractivity contribution >= 4 is 27.8 Å². The number of rotatable bonds is 5. The molecule has 0 unspecified atom stereocenters. The maximum atomic E-state index is 13.4. The molecule has 28 heavy (non-hydrogen) atoms. The molecule has 2 aromatic heterocycles. The topological polar surface area (TPSA) is 99.2 Å². The van der Waals surface area contributed by atoms with Gasteiger partial charge in [0.2, 0.25) is 0 Å². The van der Waals surface area contributed by atoms with Crippen LogP contribution in [-0.4, -0.2) is 34.6 Å². The molecule has 2 aromatic carbocycles. The molecule has 0 radical (unpaired) electrons. The van der Waals surface area contributed by atoms with Crippen molar-refractivity contribution in [3.05, 3.63) is 64.4 Å². The van der Waals surface area contributed by atoms with E-state index < -0.39 is 17.3 Å². The van der Waals surface area contributed by atoms with Crippen LogP contribution in [0.25, 0.3) is 21.9 Å². The van der Waals surface area contributed by atoms with Crippen LogP contribution in [0.1, 0.15) is 10.6 Å². The van der Waals surface area contributed by atoms with Crippen molar-refractivity contribution in [1.29, 1.82) is 0 Å². The molecule has 0 spiro atoms. The number of nitrogens with zero attached hydrogens (tertiary/aromatic N) is 3. The first-order valence-corrected chi connectivity index (χ1v) is 8.44. The number of para-hydroxylation sites is 1. The molecular weight excluding hydrogens is 367 g/mol. The zero-order chi connectivity index (χ0) is 19.7. The third kappa shape index (κ3) is 3.18. The lowest BCUT2D eigenvalue weighted by atomic mass is 10.2. The van der Waals surface area contributed by atoms with Gasteiger partial charge in [0.1, 0.15) is 11.3 Å². The van der Waals surface area contributed by atoms with Crippen LogP contribution in [0.5, 0.6) is 5.75 Å². The lowest BCUT2D eigenvalue weighted by molar-refractivity contribution is 0.0926. The molecule has 8 nitrogen and oxygen atoms in total. The zero-order valence-corrected chi connectivity index (χ0v) is 14.8. The second kappa shape index (κ2) is 7.10. The van der Waals surface area contributed by atoms with Gasteiger partial charge in [-0.15, -0.1) is 5.10 Å². The summed E-state index contributed by atoms with van der Waals surface area (Å²) in [7, 11) is 1.52. The summed E-state index contributed by atoms with van der Waals surface area (Å²) in [6.45, 7) is 0.190. The van der Waals surface area contributed by atoms with Crippen molar-refractivity contribution in [3.8, 4) is 5.75 Å². The molecule has 0 fully saturated rings. The van der Waals surface area contributed by atoms with E-state index in [1.807, 2.05) is 6.07 Å². The van der Waals surface area contributed by atoms with Crippen molar-refractivity contribution in [1.82, 2.24) is 20.3 Å². The van der Waals surface area contributed by atoms with Crippen LogP contribution in [0.2, 0.25) is 0 Å². The SMILES string of the molecule is COc1cccc2cc(C(=O)NCCn3nnc4ccc(F)cc4c3=O)oc12. The van der Waals surface area contributed by atoms with E-state index in [-0.39, 0.29) is 24.2 Å². The maximum absolute atomic E-state index is 13.4. The average molecular weight is 382 g/mol. The van der Waals surface area contributed by atoms with Crippen LogP contribution >= 0.6 is 0 Å². The van der Waals surface area contributed by atoms with Gasteiger partial charge in [-0.25, -0.2) is 9.07 Å². The number of nitrogens with one attached hydrogen (secondary N) is 1. The van der Waals surface area contributed by atoms with E-state index in [0.717, 1.165) is 16.1 Å². The molecule has 4 aromatic rings. The van der Waals surface area contributed by atoms with Crippen molar-refractivity contribution in [2.75, 3.05) is 13.7 Å². The minimum absolute atomic E-state index is 0.0770. The highest BCUT2D eigenvalue weighted by molar-refractivity contribution is 5.97. The quantitative estimate of drug-likeness (QED) is 0.568. The maximum Gasteiger partial charge on any atom is 0.287 e. The molecule has 0 aliphatic rings. The third-order valence-corrected chi connectivity index (χ3v) is 4.24. The van der Waals surface area contributed by atoms with E-state index in [4.69, 9.17) is 9.15 Å². The first-order chi connectivity index (χ1) is 13.6. The summed E-state index contributed by atoms with van der Waals surface area (Å²) in [6, 6.07) is 10.7. The van der Waals surface area contributed by atoms with Gasteiger partial charge in [0.25, 0.3) is 11.5 Å². The normalized spacial score (nSPS) is 11.1. The lowest BCUT2D eigenvalue weighted by Crippen LogP contribution is -2.32. The summed E-state index contributed by atoms with van der Waals surface area (Å²) in [5, 5.41) is 11.2. The zero-order valence-electron chi connectivity index (χ0n) is 14.8. The highest BCUT2D eigenvalue weighted by Gasteiger charge is 2.15. The number of carbonyl (C=O) groups excluding carboxylic acids is 1. The molecule has 0 aliphatic heterocycles. The van der Waals surface area contributed by atoms with E-state index >= 15 is 0 Å². The summed E-state index contributed by atoms with van der Waals surface area (Å²) in [5.41, 5.74) is 0.309. The highest BCUT2D eigenvalue weighted by atomic mass is 19.1. The Kier molecular flexibility index (Phi) is 4.48. The van der Waals surface area contributed by atoms with Gasteiger partial charge in [-0.05, 0) is 30.3 Å². The van der Waals surface area contributed by atoms with E-state index in [9.17, 15) is 14.0 Å². The summed E-state index contributed by atoms with van der Waals surface area (Å²) in [4.78, 5) is 24.7. The number of fused-ring (bicyclic) bond motifs is 2. The molecule has 0 aliphatic carbocycles. The van der Waals surface area contributed by atoms with Crippen LogP contribution in [0.3, 0.4) is 0 Å². The van der Waals surface area contributed by atoms with Crippen LogP contribution in [0.15, 0.2) is 51.7 Å². The van der Waals surface area contributed by atoms with Gasteiger partial charge in [0.15, 0.2) is 17.1 Å². The van der Waals surface area contributed by atoms with Gasteiger partial charge in [-0.2, -0.15) is 0 Å². The summed E-state index contributed by atoms with van der Waals surface area (Å²) >= 11 is 0. The minimum atomic E-state index is -0.530. The predicted molar refractivity (Wildman–Crippen MR) is 98.9 cm³/mol. The fourth-order valence-electron chi connectivity index (χ4n) is 2.87. The Balaban J connectivity index is 1.48. The molecular formula is C19H15FN4O4. The number of halogens is 1. The Morgan fingerprint density at radius 1 is 1.29 bits per heavy atom. The van der Waals surface area contributed by atoms with Crippen molar-refractivity contribution < 1.29 is 18.3 Å². The second-order valence-corrected chi connectivity index (χ2v) is 6.02. The van der Waals surface area contributed by atoms with Gasteiger partial charge in [0.05, 0.1) is 19.0 Å². The van der Waals surface area contributed by atoms with Gasteiger partial charge in [-0.3, -0.25) is 9.59 Å². The molecule has 4 rings (SSSR count). The number of carbonyl (C=O) groups is 1. The van der Waals surface area contributed by atoms with Gasteiger partial charge in [0, 0.05) is 11.9 Å². The molecule has 9 heteroatoms. The largest absolute Gasteiger partial charge is 0.493 e. The number of methoxy groups -OCH3 is 1. The minimum Gasteiger partial charge on any atom is -0.493 e. The first-order valence-electron chi connectivity index (χ1n) is 8.44.